The number of fused-ring (bicyclic) bond motifs is 4. The van der Waals surface area contributed by atoms with Crippen molar-refractivity contribution in [3.05, 3.63) is 131 Å². The predicted octanol–water partition coefficient (Wildman–Crippen LogP) is 6.73. The summed E-state index contributed by atoms with van der Waals surface area (Å²) in [6.07, 6.45) is 21.9. The molecule has 20 heteroatoms. The van der Waals surface area contributed by atoms with Crippen molar-refractivity contribution in [1.29, 1.82) is 0 Å². The van der Waals surface area contributed by atoms with Gasteiger partial charge in [-0.15, -0.1) is 0 Å². The van der Waals surface area contributed by atoms with Crippen molar-refractivity contribution in [2.75, 3.05) is 6.61 Å². The summed E-state index contributed by atoms with van der Waals surface area (Å²) < 4.78 is 91.6. The molecule has 4 fully saturated rings. The highest BCUT2D eigenvalue weighted by molar-refractivity contribution is 7.89. The van der Waals surface area contributed by atoms with Crippen LogP contribution < -0.4 is 0 Å². The van der Waals surface area contributed by atoms with Crippen LogP contribution in [0.3, 0.4) is 0 Å². The number of aliphatic hydroxyl groups is 1. The monoisotopic (exact) mass is 1010 g/mol. The van der Waals surface area contributed by atoms with Gasteiger partial charge in [0.05, 0.1) is 59.8 Å². The second kappa shape index (κ2) is 17.7. The first-order valence-electron chi connectivity index (χ1n) is 24.2. The molecule has 4 saturated carbocycles. The zero-order chi connectivity index (χ0) is 49.6. The zero-order valence-corrected chi connectivity index (χ0v) is 41.4. The number of hydrogen-bond acceptors (Lipinski definition) is 10. The molecule has 0 unspecified atom stereocenters. The summed E-state index contributed by atoms with van der Waals surface area (Å²) in [5, 5.41) is 19.9. The van der Waals surface area contributed by atoms with Gasteiger partial charge in [-0.05, 0) is 156 Å². The predicted molar refractivity (Wildman–Crippen MR) is 259 cm³/mol. The smallest absolute Gasteiger partial charge is 0.262 e. The molecule has 0 aliphatic heterocycles. The fraction of sp³-hybridized carbons (Fsp3) is 0.431. The number of allylic oxidation sites excluding steroid dienone is 1. The Morgan fingerprint density at radius 1 is 0.662 bits per heavy atom. The summed E-state index contributed by atoms with van der Waals surface area (Å²) in [4.78, 5) is 21.5. The molecule has 1 N–H and O–H groups in total. The van der Waals surface area contributed by atoms with Crippen LogP contribution in [-0.2, 0) is 51.8 Å². The molecule has 4 heterocycles. The average Bonchev–Trinajstić information content (AvgIpc) is 4.15. The molecule has 372 valence electrons. The number of aromatic nitrogens is 8. The standard InChI is InChI=1S/C26H28FN5O3S.C25H28FN5O3S/c1-17(33)26-12-18-14-29-31(21-7-4-20(27)5-8-21)24(18)11-19(26)3-6-23(13-26)32(22-9-10-22)36(34,35)25-15-30(2)16-28-25;1-29-14-24(27-16-29)35(33,34)31(21-8-9-21)22-5-2-18-10-23-17(11-25(18,12-22)15-32)13-28-30(23)20-6-3-19(26)4-7-20/h4-5,7-8,11,14-16,22-23H,3,6,9-10,12-13H2,1-2H3;3-4,6-7,10,13-14,16,21-22,32H,2,5,8-9,11-12,15H2,1H3/t23-,26+;22-,25+/m00/s1. The Morgan fingerprint density at radius 3 is 1.55 bits per heavy atom. The Morgan fingerprint density at radius 2 is 1.11 bits per heavy atom. The van der Waals surface area contributed by atoms with Crippen molar-refractivity contribution in [3.8, 4) is 11.4 Å². The van der Waals surface area contributed by atoms with Crippen molar-refractivity contribution in [3.63, 3.8) is 0 Å². The van der Waals surface area contributed by atoms with Crippen LogP contribution >= 0.6 is 0 Å². The number of carbonyl (C=O) groups excluding carboxylic acids is 1. The van der Waals surface area contributed by atoms with E-state index >= 15 is 0 Å². The second-order valence-corrected chi connectivity index (χ2v) is 23.9. The number of nitrogens with zero attached hydrogens (tertiary/aromatic N) is 10. The molecule has 4 aromatic heterocycles. The van der Waals surface area contributed by atoms with Crippen LogP contribution in [0.1, 0.15) is 93.6 Å². The van der Waals surface area contributed by atoms with Crippen LogP contribution in [0.4, 0.5) is 8.78 Å². The number of aliphatic hydroxyl groups excluding tert-OH is 1. The third-order valence-electron chi connectivity index (χ3n) is 15.5. The van der Waals surface area contributed by atoms with Gasteiger partial charge in [-0.2, -0.15) is 18.8 Å². The van der Waals surface area contributed by atoms with E-state index in [4.69, 9.17) is 0 Å². The van der Waals surface area contributed by atoms with Crippen LogP contribution in [0.5, 0.6) is 0 Å². The summed E-state index contributed by atoms with van der Waals surface area (Å²) in [6.45, 7) is 1.55. The number of ketones is 1. The lowest BCUT2D eigenvalue weighted by molar-refractivity contribution is -0.126. The van der Waals surface area contributed by atoms with Gasteiger partial charge in [0, 0.05) is 56.1 Å². The summed E-state index contributed by atoms with van der Waals surface area (Å²) in [5.41, 5.74) is 6.14. The zero-order valence-electron chi connectivity index (χ0n) is 39.8. The molecule has 0 radical (unpaired) electrons. The van der Waals surface area contributed by atoms with Gasteiger partial charge in [-0.1, -0.05) is 11.1 Å². The van der Waals surface area contributed by atoms with Crippen molar-refractivity contribution in [2.24, 2.45) is 24.9 Å². The van der Waals surface area contributed by atoms with Crippen molar-refractivity contribution in [2.45, 2.75) is 118 Å². The van der Waals surface area contributed by atoms with Gasteiger partial charge >= 0.3 is 0 Å². The number of hydrogen-bond donors (Lipinski definition) is 1. The maximum Gasteiger partial charge on any atom is 0.262 e. The first-order valence-corrected chi connectivity index (χ1v) is 27.1. The molecule has 0 saturated heterocycles. The number of aryl methyl sites for hydroxylation is 2. The molecule has 0 bridgehead atoms. The van der Waals surface area contributed by atoms with E-state index in [2.05, 4.69) is 26.2 Å². The molecule has 6 aliphatic carbocycles. The highest BCUT2D eigenvalue weighted by Gasteiger charge is 2.53. The average molecular weight is 1010 g/mol. The van der Waals surface area contributed by atoms with Gasteiger partial charge in [-0.25, -0.2) is 44.9 Å². The van der Waals surface area contributed by atoms with E-state index in [1.165, 1.54) is 43.1 Å². The van der Waals surface area contributed by atoms with Crippen LogP contribution in [0.15, 0.2) is 107 Å². The van der Waals surface area contributed by atoms with E-state index < -0.39 is 30.9 Å². The van der Waals surface area contributed by atoms with Crippen LogP contribution in [0.25, 0.3) is 23.5 Å². The van der Waals surface area contributed by atoms with Crippen molar-refractivity contribution in [1.82, 2.24) is 47.3 Å². The van der Waals surface area contributed by atoms with E-state index in [1.54, 1.807) is 91.0 Å². The van der Waals surface area contributed by atoms with Gasteiger partial charge < -0.3 is 14.2 Å². The highest BCUT2D eigenvalue weighted by atomic mass is 32.2. The summed E-state index contributed by atoms with van der Waals surface area (Å²) >= 11 is 0. The first-order chi connectivity index (χ1) is 34.0. The van der Waals surface area contributed by atoms with Gasteiger partial charge in [0.2, 0.25) is 0 Å². The minimum atomic E-state index is -3.78. The number of rotatable bonds is 12. The van der Waals surface area contributed by atoms with E-state index in [1.807, 2.05) is 6.08 Å². The lowest BCUT2D eigenvalue weighted by atomic mass is 9.61. The maximum atomic E-state index is 13.7. The molecule has 2 aromatic carbocycles. The molecule has 6 aliphatic rings. The van der Waals surface area contributed by atoms with Crippen LogP contribution in [0.2, 0.25) is 0 Å². The largest absolute Gasteiger partial charge is 0.395 e. The number of carbonyl (C=O) groups is 1. The number of sulfonamides is 2. The minimum absolute atomic E-state index is 0.00587. The Hall–Kier alpha value is -5.93. The molecule has 12 rings (SSSR count). The third-order valence-corrected chi connectivity index (χ3v) is 19.3. The maximum absolute atomic E-state index is 13.7. The SMILES string of the molecule is CC(=O)[C@]12Cc3cnn(-c4ccc(F)cc4)c3C=C1CC[C@H](N(C1CC1)S(=O)(=O)c1cn(C)cn1)C2.Cn1cnc(S(=O)(=O)N(C2CC2)[C@H]2CCC3=Cc4c(cnn4-c4ccc(F)cc4)C[C@]3(CO)C2)c1. The Labute approximate surface area is 411 Å². The molecule has 16 nitrogen and oxygen atoms in total. The summed E-state index contributed by atoms with van der Waals surface area (Å²) in [6, 6.07) is 11.9. The van der Waals surface area contributed by atoms with E-state index in [0.29, 0.717) is 51.4 Å². The Kier molecular flexibility index (Phi) is 11.8. The minimum Gasteiger partial charge on any atom is -0.395 e. The number of halogens is 2. The van der Waals surface area contributed by atoms with Crippen molar-refractivity contribution < 1.29 is 35.5 Å². The fourth-order valence-corrected chi connectivity index (χ4v) is 15.4. The van der Waals surface area contributed by atoms with Gasteiger partial charge in [0.1, 0.15) is 17.4 Å². The number of benzene rings is 2. The van der Waals surface area contributed by atoms with Gasteiger partial charge in [0.15, 0.2) is 10.1 Å². The normalized spacial score (nSPS) is 24.0. The molecule has 0 amide bonds. The highest BCUT2D eigenvalue weighted by Crippen LogP contribution is 2.53. The quantitative estimate of drug-likeness (QED) is 0.138. The van der Waals surface area contributed by atoms with E-state index in [-0.39, 0.29) is 58.2 Å². The van der Waals surface area contributed by atoms with E-state index in [0.717, 1.165) is 70.7 Å². The Bertz CT molecular complexity index is 3330. The fourth-order valence-electron chi connectivity index (χ4n) is 11.7. The van der Waals surface area contributed by atoms with Gasteiger partial charge in [-0.3, -0.25) is 4.79 Å². The molecule has 0 spiro atoms. The topological polar surface area (TPSA) is 183 Å². The molecule has 71 heavy (non-hydrogen) atoms. The summed E-state index contributed by atoms with van der Waals surface area (Å²) in [5.74, 6) is -0.566. The molecular weight excluding hydrogens is 951 g/mol. The lowest BCUT2D eigenvalue weighted by Crippen LogP contribution is -2.50. The van der Waals surface area contributed by atoms with Crippen LogP contribution in [0, 0.1) is 22.5 Å². The number of imidazole rings is 2. The third kappa shape index (κ3) is 8.43. The van der Waals surface area contributed by atoms with Gasteiger partial charge in [0.25, 0.3) is 20.0 Å². The number of Topliss-reactive ketones (excluding diaryl/α,β-unsaturated/α-hetero) is 1. The Balaban J connectivity index is 0.000000154. The molecular formula is C51H56F2N10O6S2. The summed E-state index contributed by atoms with van der Waals surface area (Å²) in [7, 11) is -4.00. The first kappa shape index (κ1) is 47.4. The molecule has 6 aromatic rings. The second-order valence-electron chi connectivity index (χ2n) is 20.3. The van der Waals surface area contributed by atoms with Crippen LogP contribution in [-0.4, -0.2) is 106 Å². The lowest BCUT2D eigenvalue weighted by Gasteiger charge is -2.46. The molecule has 4 atom stereocenters. The van der Waals surface area contributed by atoms with Crippen molar-refractivity contribution >= 4 is 38.0 Å². The van der Waals surface area contributed by atoms with E-state index in [9.17, 15) is 35.5 Å².